The van der Waals surface area contributed by atoms with Crippen molar-refractivity contribution in [2.75, 3.05) is 7.05 Å². The van der Waals surface area contributed by atoms with Crippen molar-refractivity contribution in [3.8, 4) is 5.75 Å². The number of hydrogen-bond acceptors (Lipinski definition) is 3. The number of ether oxygens (including phenoxy) is 1. The zero-order valence-corrected chi connectivity index (χ0v) is 9.54. The Bertz CT molecular complexity index is 470. The van der Waals surface area contributed by atoms with Crippen LogP contribution in [-0.4, -0.2) is 24.0 Å². The van der Waals surface area contributed by atoms with E-state index in [2.05, 4.69) is 10.3 Å². The summed E-state index contributed by atoms with van der Waals surface area (Å²) in [6, 6.07) is 0. The highest BCUT2D eigenvalue weighted by Gasteiger charge is 2.38. The van der Waals surface area contributed by atoms with Crippen LogP contribution in [-0.2, 0) is 6.18 Å². The largest absolute Gasteiger partial charge is 0.489 e. The summed E-state index contributed by atoms with van der Waals surface area (Å²) in [4.78, 5) is 15.0. The summed E-state index contributed by atoms with van der Waals surface area (Å²) in [5, 5.41) is 2.27. The number of halogens is 3. The second-order valence-corrected chi connectivity index (χ2v) is 3.96. The maximum atomic E-state index is 12.8. The molecule has 18 heavy (non-hydrogen) atoms. The van der Waals surface area contributed by atoms with Gasteiger partial charge in [0.2, 0.25) is 0 Å². The van der Waals surface area contributed by atoms with Gasteiger partial charge in [-0.25, -0.2) is 0 Å². The molecule has 1 fully saturated rings. The summed E-state index contributed by atoms with van der Waals surface area (Å²) < 4.78 is 43.7. The number of pyridine rings is 1. The fourth-order valence-electron chi connectivity index (χ4n) is 1.43. The summed E-state index contributed by atoms with van der Waals surface area (Å²) in [5.41, 5.74) is -1.21. The lowest BCUT2D eigenvalue weighted by molar-refractivity contribution is -0.139. The predicted molar refractivity (Wildman–Crippen MR) is 56.3 cm³/mol. The van der Waals surface area contributed by atoms with Gasteiger partial charge in [-0.2, -0.15) is 13.2 Å². The monoisotopic (exact) mass is 260 g/mol. The first-order valence-electron chi connectivity index (χ1n) is 5.37. The molecule has 1 N–H and O–H groups in total. The molecule has 1 aromatic heterocycles. The summed E-state index contributed by atoms with van der Waals surface area (Å²) >= 11 is 0. The maximum Gasteiger partial charge on any atom is 0.421 e. The molecule has 1 heterocycles. The van der Waals surface area contributed by atoms with Crippen molar-refractivity contribution in [3.05, 3.63) is 23.5 Å². The lowest BCUT2D eigenvalue weighted by atomic mass is 10.1. The quantitative estimate of drug-likeness (QED) is 0.904. The van der Waals surface area contributed by atoms with E-state index in [1.807, 2.05) is 0 Å². The number of rotatable bonds is 3. The average Bonchev–Trinajstić information content (AvgIpc) is 3.11. The van der Waals surface area contributed by atoms with Crippen molar-refractivity contribution >= 4 is 5.91 Å². The van der Waals surface area contributed by atoms with Crippen molar-refractivity contribution in [2.45, 2.75) is 25.1 Å². The molecule has 1 aromatic rings. The molecule has 7 heteroatoms. The highest BCUT2D eigenvalue weighted by atomic mass is 19.4. The minimum atomic E-state index is -4.60. The van der Waals surface area contributed by atoms with E-state index in [0.717, 1.165) is 6.20 Å². The minimum Gasteiger partial charge on any atom is -0.489 e. The van der Waals surface area contributed by atoms with Crippen molar-refractivity contribution in [2.24, 2.45) is 0 Å². The minimum absolute atomic E-state index is 0.195. The molecule has 0 atom stereocenters. The van der Waals surface area contributed by atoms with E-state index in [-0.39, 0.29) is 11.7 Å². The van der Waals surface area contributed by atoms with Gasteiger partial charge in [0.1, 0.15) is 16.9 Å². The Hall–Kier alpha value is -1.79. The van der Waals surface area contributed by atoms with E-state index in [9.17, 15) is 18.0 Å². The fourth-order valence-corrected chi connectivity index (χ4v) is 1.43. The Labute approximate surface area is 101 Å². The zero-order valence-electron chi connectivity index (χ0n) is 9.54. The first kappa shape index (κ1) is 12.7. The molecule has 0 radical (unpaired) electrons. The third-order valence-electron chi connectivity index (χ3n) is 2.48. The molecule has 0 saturated heterocycles. The van der Waals surface area contributed by atoms with Gasteiger partial charge in [-0.1, -0.05) is 0 Å². The highest BCUT2D eigenvalue weighted by Crippen LogP contribution is 2.40. The Morgan fingerprint density at radius 1 is 1.44 bits per heavy atom. The Morgan fingerprint density at radius 3 is 2.61 bits per heavy atom. The van der Waals surface area contributed by atoms with Crippen LogP contribution in [0.4, 0.5) is 13.2 Å². The van der Waals surface area contributed by atoms with Crippen LogP contribution < -0.4 is 10.1 Å². The van der Waals surface area contributed by atoms with Crippen LogP contribution in [0.1, 0.15) is 28.8 Å². The van der Waals surface area contributed by atoms with Gasteiger partial charge >= 0.3 is 6.18 Å². The van der Waals surface area contributed by atoms with Gasteiger partial charge in [-0.05, 0) is 12.8 Å². The van der Waals surface area contributed by atoms with E-state index in [4.69, 9.17) is 4.74 Å². The molecule has 0 aromatic carbocycles. The van der Waals surface area contributed by atoms with Gasteiger partial charge in [0, 0.05) is 19.4 Å². The van der Waals surface area contributed by atoms with Crippen molar-refractivity contribution in [1.82, 2.24) is 10.3 Å². The number of hydrogen-bond donors (Lipinski definition) is 1. The molecule has 0 unspecified atom stereocenters. The van der Waals surface area contributed by atoms with E-state index < -0.39 is 23.4 Å². The maximum absolute atomic E-state index is 12.8. The SMILES string of the molecule is CNC(=O)c1cncc(C(F)(F)F)c1OC1CC1. The van der Waals surface area contributed by atoms with Gasteiger partial charge in [-0.15, -0.1) is 0 Å². The standard InChI is InChI=1S/C11H11F3N2O2/c1-15-10(17)7-4-16-5-8(11(12,13)14)9(7)18-6-2-3-6/h4-6H,2-3H2,1H3,(H,15,17). The van der Waals surface area contributed by atoms with Crippen molar-refractivity contribution in [1.29, 1.82) is 0 Å². The van der Waals surface area contributed by atoms with Gasteiger partial charge < -0.3 is 10.1 Å². The Kier molecular flexibility index (Phi) is 3.14. The number of aromatic nitrogens is 1. The molecule has 4 nitrogen and oxygen atoms in total. The average molecular weight is 260 g/mol. The smallest absolute Gasteiger partial charge is 0.421 e. The normalized spacial score (nSPS) is 15.3. The molecule has 1 amide bonds. The molecular weight excluding hydrogens is 249 g/mol. The molecule has 2 rings (SSSR count). The Balaban J connectivity index is 2.48. The topological polar surface area (TPSA) is 51.2 Å². The molecule has 0 aliphatic heterocycles. The lowest BCUT2D eigenvalue weighted by Gasteiger charge is -2.16. The van der Waals surface area contributed by atoms with Crippen LogP contribution in [0.3, 0.4) is 0 Å². The second-order valence-electron chi connectivity index (χ2n) is 3.96. The van der Waals surface area contributed by atoms with Crippen LogP contribution in [0, 0.1) is 0 Å². The van der Waals surface area contributed by atoms with Crippen LogP contribution >= 0.6 is 0 Å². The third-order valence-corrected chi connectivity index (χ3v) is 2.48. The molecule has 1 aliphatic rings. The summed E-state index contributed by atoms with van der Waals surface area (Å²) in [6.07, 6.45) is -1.69. The van der Waals surface area contributed by atoms with Crippen LogP contribution in [0.2, 0.25) is 0 Å². The molecule has 1 saturated carbocycles. The predicted octanol–water partition coefficient (Wildman–Crippen LogP) is 2.00. The first-order valence-corrected chi connectivity index (χ1v) is 5.37. The molecular formula is C11H11F3N2O2. The van der Waals surface area contributed by atoms with Crippen molar-refractivity contribution in [3.63, 3.8) is 0 Å². The van der Waals surface area contributed by atoms with Crippen molar-refractivity contribution < 1.29 is 22.7 Å². The fraction of sp³-hybridized carbons (Fsp3) is 0.455. The molecule has 0 spiro atoms. The van der Waals surface area contributed by atoms with Crippen LogP contribution in [0.5, 0.6) is 5.75 Å². The van der Waals surface area contributed by atoms with E-state index in [1.165, 1.54) is 7.05 Å². The second kappa shape index (κ2) is 4.47. The van der Waals surface area contributed by atoms with E-state index in [0.29, 0.717) is 19.0 Å². The van der Waals surface area contributed by atoms with Gasteiger partial charge in [-0.3, -0.25) is 9.78 Å². The highest BCUT2D eigenvalue weighted by molar-refractivity contribution is 5.96. The van der Waals surface area contributed by atoms with Gasteiger partial charge in [0.05, 0.1) is 6.10 Å². The summed E-state index contributed by atoms with van der Waals surface area (Å²) in [7, 11) is 1.34. The number of nitrogens with one attached hydrogen (secondary N) is 1. The van der Waals surface area contributed by atoms with E-state index >= 15 is 0 Å². The first-order chi connectivity index (χ1) is 8.43. The van der Waals surface area contributed by atoms with E-state index in [1.54, 1.807) is 0 Å². The van der Waals surface area contributed by atoms with Crippen LogP contribution in [0.25, 0.3) is 0 Å². The molecule has 0 bridgehead atoms. The molecule has 98 valence electrons. The number of carbonyl (C=O) groups excluding carboxylic acids is 1. The third kappa shape index (κ3) is 2.55. The molecule has 1 aliphatic carbocycles. The van der Waals surface area contributed by atoms with Crippen LogP contribution in [0.15, 0.2) is 12.4 Å². The lowest BCUT2D eigenvalue weighted by Crippen LogP contribution is -2.21. The van der Waals surface area contributed by atoms with Gasteiger partial charge in [0.15, 0.2) is 0 Å². The Morgan fingerprint density at radius 2 is 2.11 bits per heavy atom. The number of carbonyl (C=O) groups is 1. The zero-order chi connectivity index (χ0) is 13.3. The number of alkyl halides is 3. The summed E-state index contributed by atoms with van der Waals surface area (Å²) in [6.45, 7) is 0. The van der Waals surface area contributed by atoms with Gasteiger partial charge in [0.25, 0.3) is 5.91 Å². The summed E-state index contributed by atoms with van der Waals surface area (Å²) in [5.74, 6) is -1.08. The number of nitrogens with zero attached hydrogens (tertiary/aromatic N) is 1. The number of amides is 1.